The van der Waals surface area contributed by atoms with Crippen LogP contribution >= 0.6 is 0 Å². The number of rotatable bonds is 3. The van der Waals surface area contributed by atoms with Gasteiger partial charge in [0, 0.05) is 18.3 Å². The lowest BCUT2D eigenvalue weighted by Crippen LogP contribution is -2.20. The van der Waals surface area contributed by atoms with Gasteiger partial charge in [0.15, 0.2) is 0 Å². The van der Waals surface area contributed by atoms with Gasteiger partial charge in [-0.2, -0.15) is 0 Å². The highest BCUT2D eigenvalue weighted by atomic mass is 15.1. The van der Waals surface area contributed by atoms with Gasteiger partial charge in [0.05, 0.1) is 0 Å². The molecule has 1 atom stereocenters. The number of fused-ring (bicyclic) bond motifs is 1. The van der Waals surface area contributed by atoms with E-state index in [0.29, 0.717) is 6.04 Å². The summed E-state index contributed by atoms with van der Waals surface area (Å²) < 4.78 is 0. The second-order valence-corrected chi connectivity index (χ2v) is 4.44. The van der Waals surface area contributed by atoms with E-state index in [-0.39, 0.29) is 0 Å². The minimum atomic E-state index is 0.555. The summed E-state index contributed by atoms with van der Waals surface area (Å²) in [5.41, 5.74) is 4.37. The molecule has 0 amide bonds. The number of hydrogen-bond donors (Lipinski definition) is 1. The molecule has 15 heavy (non-hydrogen) atoms. The van der Waals surface area contributed by atoms with Gasteiger partial charge in [0.2, 0.25) is 0 Å². The summed E-state index contributed by atoms with van der Waals surface area (Å²) in [5.74, 6) is 0. The van der Waals surface area contributed by atoms with E-state index < -0.39 is 0 Å². The molecule has 0 aliphatic carbocycles. The van der Waals surface area contributed by atoms with Crippen molar-refractivity contribution in [2.75, 3.05) is 26.0 Å². The molecule has 1 unspecified atom stereocenters. The summed E-state index contributed by atoms with van der Waals surface area (Å²) in [5, 5.41) is 3.44. The number of hydrogen-bond acceptors (Lipinski definition) is 2. The molecule has 2 nitrogen and oxygen atoms in total. The number of anilines is 1. The monoisotopic (exact) mass is 204 g/mol. The van der Waals surface area contributed by atoms with Crippen molar-refractivity contribution in [2.45, 2.75) is 25.8 Å². The Morgan fingerprint density at radius 2 is 2.20 bits per heavy atom. The molecule has 82 valence electrons. The molecule has 2 heteroatoms. The summed E-state index contributed by atoms with van der Waals surface area (Å²) >= 11 is 0. The van der Waals surface area contributed by atoms with Gasteiger partial charge in [-0.3, -0.25) is 0 Å². The fourth-order valence-electron chi connectivity index (χ4n) is 2.55. The second kappa shape index (κ2) is 4.23. The molecule has 0 fully saturated rings. The molecule has 0 saturated heterocycles. The van der Waals surface area contributed by atoms with Crippen LogP contribution in [0.4, 0.5) is 5.69 Å². The standard InChI is InChI=1S/C13H20N2/c1-4-13(15(2)3)11-6-5-7-12-10(11)8-9-14-12/h5-7,13-14H,4,8-9H2,1-3H3. The third kappa shape index (κ3) is 1.86. The lowest BCUT2D eigenvalue weighted by Gasteiger charge is -2.25. The third-order valence-corrected chi connectivity index (χ3v) is 3.27. The summed E-state index contributed by atoms with van der Waals surface area (Å²) in [4.78, 5) is 2.31. The van der Waals surface area contributed by atoms with E-state index in [4.69, 9.17) is 0 Å². The number of nitrogens with zero attached hydrogens (tertiary/aromatic N) is 1. The van der Waals surface area contributed by atoms with E-state index in [2.05, 4.69) is 49.4 Å². The van der Waals surface area contributed by atoms with Gasteiger partial charge < -0.3 is 10.2 Å². The molecule has 1 aromatic rings. The van der Waals surface area contributed by atoms with E-state index in [9.17, 15) is 0 Å². The maximum absolute atomic E-state index is 3.44. The third-order valence-electron chi connectivity index (χ3n) is 3.27. The Morgan fingerprint density at radius 3 is 2.87 bits per heavy atom. The van der Waals surface area contributed by atoms with E-state index >= 15 is 0 Å². The molecular formula is C13H20N2. The molecule has 1 heterocycles. The largest absolute Gasteiger partial charge is 0.384 e. The smallest absolute Gasteiger partial charge is 0.0376 e. The van der Waals surface area contributed by atoms with Crippen molar-refractivity contribution in [3.05, 3.63) is 29.3 Å². The lowest BCUT2D eigenvalue weighted by molar-refractivity contribution is 0.291. The zero-order valence-corrected chi connectivity index (χ0v) is 9.88. The minimum Gasteiger partial charge on any atom is -0.384 e. The maximum atomic E-state index is 3.44. The van der Waals surface area contributed by atoms with Crippen LogP contribution < -0.4 is 5.32 Å². The summed E-state index contributed by atoms with van der Waals surface area (Å²) in [6.45, 7) is 3.35. The predicted octanol–water partition coefficient (Wildman–Crippen LogP) is 2.67. The molecule has 0 radical (unpaired) electrons. The van der Waals surface area contributed by atoms with Crippen LogP contribution in [0.15, 0.2) is 18.2 Å². The van der Waals surface area contributed by atoms with Crippen LogP contribution in [0.25, 0.3) is 0 Å². The van der Waals surface area contributed by atoms with Crippen molar-refractivity contribution in [3.8, 4) is 0 Å². The lowest BCUT2D eigenvalue weighted by atomic mass is 9.96. The van der Waals surface area contributed by atoms with E-state index in [1.807, 2.05) is 0 Å². The Morgan fingerprint density at radius 1 is 1.40 bits per heavy atom. The molecule has 1 aromatic carbocycles. The zero-order chi connectivity index (χ0) is 10.8. The average Bonchev–Trinajstić information content (AvgIpc) is 2.66. The molecular weight excluding hydrogens is 184 g/mol. The maximum Gasteiger partial charge on any atom is 0.0376 e. The Labute approximate surface area is 92.3 Å². The highest BCUT2D eigenvalue weighted by molar-refractivity contribution is 5.59. The van der Waals surface area contributed by atoms with Gasteiger partial charge in [0.25, 0.3) is 0 Å². The van der Waals surface area contributed by atoms with Crippen LogP contribution in [0.2, 0.25) is 0 Å². The predicted molar refractivity (Wildman–Crippen MR) is 65.4 cm³/mol. The topological polar surface area (TPSA) is 15.3 Å². The van der Waals surface area contributed by atoms with E-state index in [1.54, 1.807) is 0 Å². The van der Waals surface area contributed by atoms with Crippen LogP contribution in [0.3, 0.4) is 0 Å². The molecule has 1 aliphatic heterocycles. The molecule has 2 rings (SSSR count). The Balaban J connectivity index is 2.39. The first-order valence-corrected chi connectivity index (χ1v) is 5.76. The van der Waals surface area contributed by atoms with Crippen molar-refractivity contribution >= 4 is 5.69 Å². The first-order chi connectivity index (χ1) is 7.24. The Kier molecular flexibility index (Phi) is 2.96. The summed E-state index contributed by atoms with van der Waals surface area (Å²) in [6.07, 6.45) is 2.35. The van der Waals surface area contributed by atoms with Gasteiger partial charge >= 0.3 is 0 Å². The van der Waals surface area contributed by atoms with Gasteiger partial charge in [-0.1, -0.05) is 19.1 Å². The van der Waals surface area contributed by atoms with E-state index in [0.717, 1.165) is 6.54 Å². The molecule has 0 aromatic heterocycles. The first kappa shape index (κ1) is 10.5. The second-order valence-electron chi connectivity index (χ2n) is 4.44. The van der Waals surface area contributed by atoms with Crippen molar-refractivity contribution in [2.24, 2.45) is 0 Å². The van der Waals surface area contributed by atoms with Crippen molar-refractivity contribution in [3.63, 3.8) is 0 Å². The SMILES string of the molecule is CCC(c1cccc2c1CCN2)N(C)C. The Bertz CT molecular complexity index is 344. The van der Waals surface area contributed by atoms with Crippen LogP contribution in [-0.2, 0) is 6.42 Å². The van der Waals surface area contributed by atoms with Crippen molar-refractivity contribution in [1.29, 1.82) is 0 Å². The van der Waals surface area contributed by atoms with Gasteiger partial charge in [-0.05, 0) is 44.1 Å². The molecule has 1 N–H and O–H groups in total. The van der Waals surface area contributed by atoms with Crippen LogP contribution in [-0.4, -0.2) is 25.5 Å². The van der Waals surface area contributed by atoms with Gasteiger partial charge in [-0.25, -0.2) is 0 Å². The highest BCUT2D eigenvalue weighted by Gasteiger charge is 2.20. The fourth-order valence-corrected chi connectivity index (χ4v) is 2.55. The van der Waals surface area contributed by atoms with Crippen molar-refractivity contribution in [1.82, 2.24) is 4.90 Å². The van der Waals surface area contributed by atoms with Crippen LogP contribution in [0.1, 0.15) is 30.5 Å². The quantitative estimate of drug-likeness (QED) is 0.814. The summed E-state index contributed by atoms with van der Waals surface area (Å²) in [7, 11) is 4.33. The fraction of sp³-hybridized carbons (Fsp3) is 0.538. The zero-order valence-electron chi connectivity index (χ0n) is 9.88. The highest BCUT2D eigenvalue weighted by Crippen LogP contribution is 2.32. The van der Waals surface area contributed by atoms with Crippen molar-refractivity contribution < 1.29 is 0 Å². The van der Waals surface area contributed by atoms with Crippen LogP contribution in [0, 0.1) is 0 Å². The Hall–Kier alpha value is -1.02. The molecule has 0 saturated carbocycles. The molecule has 1 aliphatic rings. The number of nitrogens with one attached hydrogen (secondary N) is 1. The summed E-state index contributed by atoms with van der Waals surface area (Å²) in [6, 6.07) is 7.19. The van der Waals surface area contributed by atoms with E-state index in [1.165, 1.54) is 29.7 Å². The van der Waals surface area contributed by atoms with Gasteiger partial charge in [0.1, 0.15) is 0 Å². The van der Waals surface area contributed by atoms with Gasteiger partial charge in [-0.15, -0.1) is 0 Å². The average molecular weight is 204 g/mol. The molecule has 0 bridgehead atoms. The molecule has 0 spiro atoms. The number of benzene rings is 1. The normalized spacial score (nSPS) is 16.3. The first-order valence-electron chi connectivity index (χ1n) is 5.76. The van der Waals surface area contributed by atoms with Crippen LogP contribution in [0.5, 0.6) is 0 Å². The minimum absolute atomic E-state index is 0.555.